The summed E-state index contributed by atoms with van der Waals surface area (Å²) in [6.07, 6.45) is 10.8. The molecule has 4 saturated carbocycles. The third-order valence-electron chi connectivity index (χ3n) is 7.65. The van der Waals surface area contributed by atoms with Crippen molar-refractivity contribution in [2.75, 3.05) is 11.9 Å². The van der Waals surface area contributed by atoms with Crippen LogP contribution in [0.15, 0.2) is 24.3 Å². The highest BCUT2D eigenvalue weighted by molar-refractivity contribution is 6.30. The number of carbonyl (C=O) groups excluding carboxylic acids is 1. The van der Waals surface area contributed by atoms with E-state index in [-0.39, 0.29) is 6.03 Å². The zero-order valence-electron chi connectivity index (χ0n) is 15.4. The van der Waals surface area contributed by atoms with Crippen LogP contribution < -0.4 is 5.32 Å². The van der Waals surface area contributed by atoms with Crippen LogP contribution in [-0.4, -0.2) is 23.5 Å². The van der Waals surface area contributed by atoms with Gasteiger partial charge in [0.05, 0.1) is 0 Å². The number of benzene rings is 1. The molecule has 26 heavy (non-hydrogen) atoms. The molecule has 1 N–H and O–H groups in total. The van der Waals surface area contributed by atoms with Gasteiger partial charge in [0.1, 0.15) is 0 Å². The fourth-order valence-electron chi connectivity index (χ4n) is 6.93. The molecular weight excluding hydrogens is 344 g/mol. The molecule has 1 aliphatic heterocycles. The molecule has 0 radical (unpaired) electrons. The van der Waals surface area contributed by atoms with Crippen molar-refractivity contribution in [2.24, 2.45) is 29.6 Å². The summed E-state index contributed by atoms with van der Waals surface area (Å²) in [5.74, 6) is 4.49. The molecule has 1 unspecified atom stereocenters. The van der Waals surface area contributed by atoms with Gasteiger partial charge in [-0.3, -0.25) is 0 Å². The molecule has 4 bridgehead atoms. The van der Waals surface area contributed by atoms with E-state index in [0.717, 1.165) is 48.2 Å². The molecule has 1 aromatic carbocycles. The first-order valence-corrected chi connectivity index (χ1v) is 10.9. The average Bonchev–Trinajstić information content (AvgIpc) is 2.63. The van der Waals surface area contributed by atoms with Gasteiger partial charge in [0.2, 0.25) is 0 Å². The molecular formula is C22H29ClN2O. The Balaban J connectivity index is 1.34. The van der Waals surface area contributed by atoms with Crippen molar-refractivity contribution in [3.05, 3.63) is 29.3 Å². The lowest BCUT2D eigenvalue weighted by molar-refractivity contribution is -0.0727. The lowest BCUT2D eigenvalue weighted by Crippen LogP contribution is -2.57. The van der Waals surface area contributed by atoms with Crippen LogP contribution in [0, 0.1) is 29.6 Å². The summed E-state index contributed by atoms with van der Waals surface area (Å²) >= 11 is 5.97. The molecule has 5 fully saturated rings. The highest BCUT2D eigenvalue weighted by atomic mass is 35.5. The van der Waals surface area contributed by atoms with E-state index < -0.39 is 0 Å². The van der Waals surface area contributed by atoms with Gasteiger partial charge in [0.15, 0.2) is 0 Å². The normalized spacial score (nSPS) is 38.4. The van der Waals surface area contributed by atoms with E-state index in [2.05, 4.69) is 10.2 Å². The van der Waals surface area contributed by atoms with Crippen LogP contribution in [0.1, 0.15) is 51.4 Å². The maximum absolute atomic E-state index is 13.1. The Bertz CT molecular complexity index is 645. The van der Waals surface area contributed by atoms with E-state index in [4.69, 9.17) is 11.6 Å². The molecule has 0 aromatic heterocycles. The number of urea groups is 1. The Hall–Kier alpha value is -1.22. The Labute approximate surface area is 161 Å². The summed E-state index contributed by atoms with van der Waals surface area (Å²) in [4.78, 5) is 15.3. The number of carbonyl (C=O) groups is 1. The van der Waals surface area contributed by atoms with Crippen molar-refractivity contribution in [2.45, 2.75) is 57.4 Å². The van der Waals surface area contributed by atoms with E-state index >= 15 is 0 Å². The fraction of sp³-hybridized carbons (Fsp3) is 0.682. The summed E-state index contributed by atoms with van der Waals surface area (Å²) in [5, 5.41) is 3.82. The van der Waals surface area contributed by atoms with Crippen molar-refractivity contribution >= 4 is 23.3 Å². The summed E-state index contributed by atoms with van der Waals surface area (Å²) in [7, 11) is 0. The number of amides is 2. The van der Waals surface area contributed by atoms with Crippen LogP contribution in [0.3, 0.4) is 0 Å². The van der Waals surface area contributed by atoms with E-state index in [1.54, 1.807) is 0 Å². The van der Waals surface area contributed by atoms with Gasteiger partial charge in [0, 0.05) is 23.3 Å². The van der Waals surface area contributed by atoms with Crippen molar-refractivity contribution in [1.82, 2.24) is 4.90 Å². The number of rotatable bonds is 2. The van der Waals surface area contributed by atoms with Crippen molar-refractivity contribution in [3.63, 3.8) is 0 Å². The Morgan fingerprint density at radius 3 is 2.27 bits per heavy atom. The quantitative estimate of drug-likeness (QED) is 0.699. The van der Waals surface area contributed by atoms with Gasteiger partial charge in [0.25, 0.3) is 0 Å². The molecule has 0 spiro atoms. The van der Waals surface area contributed by atoms with Crippen molar-refractivity contribution < 1.29 is 4.79 Å². The summed E-state index contributed by atoms with van der Waals surface area (Å²) < 4.78 is 0. The summed E-state index contributed by atoms with van der Waals surface area (Å²) in [5.41, 5.74) is 0.841. The van der Waals surface area contributed by atoms with Gasteiger partial charge in [-0.25, -0.2) is 4.79 Å². The maximum Gasteiger partial charge on any atom is 0.322 e. The largest absolute Gasteiger partial charge is 0.322 e. The topological polar surface area (TPSA) is 32.3 Å². The third kappa shape index (κ3) is 3.02. The number of hydrogen-bond donors (Lipinski definition) is 1. The molecule has 1 aromatic rings. The minimum Gasteiger partial charge on any atom is -0.321 e. The van der Waals surface area contributed by atoms with E-state index in [1.165, 1.54) is 44.9 Å². The molecule has 1 heterocycles. The average molecular weight is 373 g/mol. The second-order valence-corrected chi connectivity index (χ2v) is 9.64. The van der Waals surface area contributed by atoms with Gasteiger partial charge in [-0.1, -0.05) is 11.6 Å². The number of hydrogen-bond acceptors (Lipinski definition) is 1. The predicted molar refractivity (Wildman–Crippen MR) is 105 cm³/mol. The first kappa shape index (κ1) is 16.9. The zero-order valence-corrected chi connectivity index (χ0v) is 16.1. The minimum absolute atomic E-state index is 0.0887. The Kier molecular flexibility index (Phi) is 4.39. The van der Waals surface area contributed by atoms with E-state index in [0.29, 0.717) is 11.1 Å². The smallest absolute Gasteiger partial charge is 0.321 e. The molecule has 140 valence electrons. The second kappa shape index (κ2) is 6.74. The summed E-state index contributed by atoms with van der Waals surface area (Å²) in [6.45, 7) is 0.910. The maximum atomic E-state index is 13.1. The second-order valence-electron chi connectivity index (χ2n) is 9.20. The Morgan fingerprint density at radius 2 is 1.62 bits per heavy atom. The molecule has 6 rings (SSSR count). The van der Waals surface area contributed by atoms with Gasteiger partial charge < -0.3 is 10.2 Å². The number of nitrogens with zero attached hydrogens (tertiary/aromatic N) is 1. The molecule has 4 heteroatoms. The molecule has 1 atom stereocenters. The predicted octanol–water partition coefficient (Wildman–Crippen LogP) is 5.80. The standard InChI is InChI=1S/C22H29ClN2O/c23-18-4-6-19(7-5-18)24-22(26)25-8-2-1-3-20(25)21-16-10-14-9-15(12-16)13-17(21)11-14/h4-7,14-17,20-21H,1-3,8-13H2,(H,24,26). The van der Waals surface area contributed by atoms with Crippen LogP contribution in [0.2, 0.25) is 5.02 Å². The van der Waals surface area contributed by atoms with Gasteiger partial charge in [-0.2, -0.15) is 0 Å². The van der Waals surface area contributed by atoms with E-state index in [9.17, 15) is 4.79 Å². The van der Waals surface area contributed by atoms with Crippen molar-refractivity contribution in [1.29, 1.82) is 0 Å². The van der Waals surface area contributed by atoms with Gasteiger partial charge >= 0.3 is 6.03 Å². The third-order valence-corrected chi connectivity index (χ3v) is 7.90. The zero-order chi connectivity index (χ0) is 17.7. The first-order valence-electron chi connectivity index (χ1n) is 10.5. The number of nitrogens with one attached hydrogen (secondary N) is 1. The molecule has 1 saturated heterocycles. The molecule has 4 aliphatic carbocycles. The van der Waals surface area contributed by atoms with Crippen LogP contribution in [0.4, 0.5) is 10.5 Å². The molecule has 5 aliphatic rings. The van der Waals surface area contributed by atoms with Crippen LogP contribution in [0.5, 0.6) is 0 Å². The minimum atomic E-state index is 0.0887. The SMILES string of the molecule is O=C(Nc1ccc(Cl)cc1)N1CCCCC1C1C2CC3CC(C2)CC1C3. The number of anilines is 1. The number of likely N-dealkylation sites (tertiary alicyclic amines) is 1. The van der Waals surface area contributed by atoms with E-state index in [1.807, 2.05) is 24.3 Å². The number of halogens is 1. The lowest BCUT2D eigenvalue weighted by Gasteiger charge is -2.58. The monoisotopic (exact) mass is 372 g/mol. The first-order chi connectivity index (χ1) is 12.7. The van der Waals surface area contributed by atoms with Crippen LogP contribution in [0.25, 0.3) is 0 Å². The van der Waals surface area contributed by atoms with Crippen molar-refractivity contribution in [3.8, 4) is 0 Å². The van der Waals surface area contributed by atoms with Crippen LogP contribution in [-0.2, 0) is 0 Å². The number of piperidine rings is 1. The molecule has 2 amide bonds. The highest BCUT2D eigenvalue weighted by Gasteiger charge is 2.52. The van der Waals surface area contributed by atoms with Gasteiger partial charge in [-0.15, -0.1) is 0 Å². The van der Waals surface area contributed by atoms with Crippen LogP contribution >= 0.6 is 11.6 Å². The van der Waals surface area contributed by atoms with Gasteiger partial charge in [-0.05, 0) is 105 Å². The highest BCUT2D eigenvalue weighted by Crippen LogP contribution is 2.58. The fourth-order valence-corrected chi connectivity index (χ4v) is 7.06. The Morgan fingerprint density at radius 1 is 0.962 bits per heavy atom. The molecule has 3 nitrogen and oxygen atoms in total. The lowest BCUT2D eigenvalue weighted by atomic mass is 9.50. The summed E-state index contributed by atoms with van der Waals surface area (Å²) in [6, 6.07) is 7.99.